The van der Waals surface area contributed by atoms with Gasteiger partial charge in [-0.1, -0.05) is 6.42 Å². The first-order chi connectivity index (χ1) is 5.16. The first-order valence-corrected chi connectivity index (χ1v) is 4.60. The van der Waals surface area contributed by atoms with E-state index in [9.17, 15) is 5.11 Å². The minimum absolute atomic E-state index is 0.371. The van der Waals surface area contributed by atoms with Crippen molar-refractivity contribution in [1.82, 2.24) is 4.90 Å². The van der Waals surface area contributed by atoms with E-state index in [1.54, 1.807) is 0 Å². The van der Waals surface area contributed by atoms with Crippen LogP contribution in [0, 0.1) is 5.92 Å². The van der Waals surface area contributed by atoms with Gasteiger partial charge in [0.1, 0.15) is 0 Å². The van der Waals surface area contributed by atoms with Crippen molar-refractivity contribution in [2.45, 2.75) is 31.8 Å². The topological polar surface area (TPSA) is 23.5 Å². The summed E-state index contributed by atoms with van der Waals surface area (Å²) in [6.45, 7) is 4.94. The van der Waals surface area contributed by atoms with Gasteiger partial charge >= 0.3 is 0 Å². The zero-order valence-electron chi connectivity index (χ0n) is 7.21. The molecule has 0 bridgehead atoms. The van der Waals surface area contributed by atoms with Crippen LogP contribution in [0.5, 0.6) is 0 Å². The number of nitrogens with zero attached hydrogens (tertiary/aromatic N) is 1. The normalized spacial score (nSPS) is 31.1. The molecule has 2 heteroatoms. The molecule has 0 aromatic rings. The fraction of sp³-hybridized carbons (Fsp3) is 1.00. The highest BCUT2D eigenvalue weighted by molar-refractivity contribution is 4.92. The van der Waals surface area contributed by atoms with E-state index in [-0.39, 0.29) is 5.60 Å². The molecule has 11 heavy (non-hydrogen) atoms. The lowest BCUT2D eigenvalue weighted by Crippen LogP contribution is -2.60. The monoisotopic (exact) mass is 155 g/mol. The van der Waals surface area contributed by atoms with Crippen LogP contribution in [0.3, 0.4) is 0 Å². The van der Waals surface area contributed by atoms with E-state index >= 15 is 0 Å². The van der Waals surface area contributed by atoms with Gasteiger partial charge in [0.2, 0.25) is 0 Å². The maximum Gasteiger partial charge on any atom is 0.0872 e. The first-order valence-electron chi connectivity index (χ1n) is 4.60. The average molecular weight is 155 g/mol. The summed E-state index contributed by atoms with van der Waals surface area (Å²) < 4.78 is 0. The molecule has 1 aliphatic heterocycles. The maximum absolute atomic E-state index is 9.45. The van der Waals surface area contributed by atoms with Crippen LogP contribution in [0.4, 0.5) is 0 Å². The molecule has 0 amide bonds. The third-order valence-corrected chi connectivity index (χ3v) is 2.87. The molecule has 0 aromatic carbocycles. The Hall–Kier alpha value is -0.0800. The van der Waals surface area contributed by atoms with Crippen molar-refractivity contribution in [3.8, 4) is 0 Å². The second kappa shape index (κ2) is 2.46. The van der Waals surface area contributed by atoms with Crippen molar-refractivity contribution in [2.24, 2.45) is 5.92 Å². The van der Waals surface area contributed by atoms with Gasteiger partial charge in [-0.2, -0.15) is 0 Å². The minimum atomic E-state index is -0.371. The fourth-order valence-corrected chi connectivity index (χ4v) is 2.09. The third kappa shape index (κ3) is 1.57. The molecule has 1 heterocycles. The zero-order valence-corrected chi connectivity index (χ0v) is 7.21. The van der Waals surface area contributed by atoms with Gasteiger partial charge < -0.3 is 5.11 Å². The van der Waals surface area contributed by atoms with E-state index in [2.05, 4.69) is 4.90 Å². The van der Waals surface area contributed by atoms with Gasteiger partial charge in [-0.25, -0.2) is 0 Å². The SMILES string of the molecule is CC1(O)CN(CC2CCC2)C1. The highest BCUT2D eigenvalue weighted by Crippen LogP contribution is 2.30. The molecule has 0 unspecified atom stereocenters. The highest BCUT2D eigenvalue weighted by atomic mass is 16.3. The van der Waals surface area contributed by atoms with Gasteiger partial charge in [-0.15, -0.1) is 0 Å². The summed E-state index contributed by atoms with van der Waals surface area (Å²) in [5.74, 6) is 0.950. The maximum atomic E-state index is 9.45. The number of aliphatic hydroxyl groups is 1. The molecule has 2 aliphatic rings. The van der Waals surface area contributed by atoms with Gasteiger partial charge in [-0.05, 0) is 25.7 Å². The number of hydrogen-bond donors (Lipinski definition) is 1. The molecule has 2 fully saturated rings. The molecule has 1 saturated heterocycles. The average Bonchev–Trinajstić information content (AvgIpc) is 1.73. The van der Waals surface area contributed by atoms with E-state index in [0.29, 0.717) is 0 Å². The molecule has 2 rings (SSSR count). The summed E-state index contributed by atoms with van der Waals surface area (Å²) in [6.07, 6.45) is 4.26. The summed E-state index contributed by atoms with van der Waals surface area (Å²) in [5, 5.41) is 9.45. The number of rotatable bonds is 2. The van der Waals surface area contributed by atoms with E-state index in [1.165, 1.54) is 25.8 Å². The van der Waals surface area contributed by atoms with Crippen LogP contribution in [0.1, 0.15) is 26.2 Å². The summed E-state index contributed by atoms with van der Waals surface area (Å²) in [5.41, 5.74) is -0.371. The van der Waals surface area contributed by atoms with Gasteiger partial charge in [0.05, 0.1) is 5.60 Å². The van der Waals surface area contributed by atoms with Gasteiger partial charge in [-0.3, -0.25) is 4.90 Å². The molecule has 0 radical (unpaired) electrons. The van der Waals surface area contributed by atoms with Crippen LogP contribution in [0.2, 0.25) is 0 Å². The first kappa shape index (κ1) is 7.56. The molecule has 64 valence electrons. The molecular weight excluding hydrogens is 138 g/mol. The Labute approximate surface area is 68.2 Å². The van der Waals surface area contributed by atoms with Crippen molar-refractivity contribution in [3.05, 3.63) is 0 Å². The van der Waals surface area contributed by atoms with Crippen LogP contribution < -0.4 is 0 Å². The molecule has 0 spiro atoms. The molecular formula is C9H17NO. The summed E-state index contributed by atoms with van der Waals surface area (Å²) in [6, 6.07) is 0. The molecule has 1 N–H and O–H groups in total. The van der Waals surface area contributed by atoms with Crippen LogP contribution in [0.25, 0.3) is 0 Å². The quantitative estimate of drug-likeness (QED) is 0.639. The van der Waals surface area contributed by atoms with E-state index < -0.39 is 0 Å². The predicted molar refractivity (Wildman–Crippen MR) is 44.4 cm³/mol. The number of hydrogen-bond acceptors (Lipinski definition) is 2. The van der Waals surface area contributed by atoms with Crippen molar-refractivity contribution in [3.63, 3.8) is 0 Å². The largest absolute Gasteiger partial charge is 0.388 e. The highest BCUT2D eigenvalue weighted by Gasteiger charge is 2.37. The molecule has 2 nitrogen and oxygen atoms in total. The third-order valence-electron chi connectivity index (χ3n) is 2.87. The minimum Gasteiger partial charge on any atom is -0.388 e. The van der Waals surface area contributed by atoms with Gasteiger partial charge in [0.15, 0.2) is 0 Å². The fourth-order valence-electron chi connectivity index (χ4n) is 2.09. The van der Waals surface area contributed by atoms with Gasteiger partial charge in [0, 0.05) is 19.6 Å². The Morgan fingerprint density at radius 2 is 2.09 bits per heavy atom. The summed E-state index contributed by atoms with van der Waals surface area (Å²) >= 11 is 0. The second-order valence-electron chi connectivity index (χ2n) is 4.46. The Morgan fingerprint density at radius 3 is 2.45 bits per heavy atom. The smallest absolute Gasteiger partial charge is 0.0872 e. The van der Waals surface area contributed by atoms with E-state index in [4.69, 9.17) is 0 Å². The Balaban J connectivity index is 1.67. The zero-order chi connectivity index (χ0) is 7.90. The molecule has 1 aliphatic carbocycles. The van der Waals surface area contributed by atoms with E-state index in [1.807, 2.05) is 6.92 Å². The lowest BCUT2D eigenvalue weighted by atomic mass is 9.83. The number of β-amino-alcohol motifs (C(OH)–C–C–N with tert-alkyl or cyclic N) is 1. The molecule has 1 saturated carbocycles. The van der Waals surface area contributed by atoms with Crippen LogP contribution in [-0.4, -0.2) is 35.2 Å². The van der Waals surface area contributed by atoms with E-state index in [0.717, 1.165) is 19.0 Å². The molecule has 0 atom stereocenters. The van der Waals surface area contributed by atoms with Crippen molar-refractivity contribution < 1.29 is 5.11 Å². The Kier molecular flexibility index (Phi) is 1.69. The molecule has 0 aromatic heterocycles. The predicted octanol–water partition coefficient (Wildman–Crippen LogP) is 0.853. The Bertz CT molecular complexity index is 144. The lowest BCUT2D eigenvalue weighted by Gasteiger charge is -2.46. The number of likely N-dealkylation sites (tertiary alicyclic amines) is 1. The van der Waals surface area contributed by atoms with Crippen LogP contribution >= 0.6 is 0 Å². The summed E-state index contributed by atoms with van der Waals surface area (Å²) in [7, 11) is 0. The van der Waals surface area contributed by atoms with Crippen molar-refractivity contribution in [1.29, 1.82) is 0 Å². The lowest BCUT2D eigenvalue weighted by molar-refractivity contribution is -0.0919. The Morgan fingerprint density at radius 1 is 1.45 bits per heavy atom. The van der Waals surface area contributed by atoms with Crippen LogP contribution in [-0.2, 0) is 0 Å². The van der Waals surface area contributed by atoms with Gasteiger partial charge in [0.25, 0.3) is 0 Å². The second-order valence-corrected chi connectivity index (χ2v) is 4.46. The van der Waals surface area contributed by atoms with Crippen molar-refractivity contribution >= 4 is 0 Å². The van der Waals surface area contributed by atoms with Crippen molar-refractivity contribution in [2.75, 3.05) is 19.6 Å². The summed E-state index contributed by atoms with van der Waals surface area (Å²) in [4.78, 5) is 2.36. The van der Waals surface area contributed by atoms with Crippen LogP contribution in [0.15, 0.2) is 0 Å². The standard InChI is InChI=1S/C9H17NO/c1-9(11)6-10(7-9)5-8-3-2-4-8/h8,11H,2-7H2,1H3.